The average Bonchev–Trinajstić information content (AvgIpc) is 2.57. The third kappa shape index (κ3) is 1.08. The van der Waals surface area contributed by atoms with E-state index in [0.29, 0.717) is 0 Å². The first-order valence-electron chi connectivity index (χ1n) is 4.85. The highest BCUT2D eigenvalue weighted by atomic mass is 35.5. The van der Waals surface area contributed by atoms with Crippen molar-refractivity contribution in [3.8, 4) is 0 Å². The van der Waals surface area contributed by atoms with E-state index in [1.807, 2.05) is 12.1 Å². The van der Waals surface area contributed by atoms with Gasteiger partial charge in [-0.2, -0.15) is 0 Å². The molecule has 0 atom stereocenters. The smallest absolute Gasteiger partial charge is 0.0503 e. The summed E-state index contributed by atoms with van der Waals surface area (Å²) in [6.45, 7) is 1.98. The second kappa shape index (κ2) is 3.01. The molecule has 2 nitrogen and oxygen atoms in total. The average molecular weight is 207 g/mol. The lowest BCUT2D eigenvalue weighted by Crippen LogP contribution is -2.22. The molecule has 1 aromatic carbocycles. The lowest BCUT2D eigenvalue weighted by molar-refractivity contribution is 0.641. The summed E-state index contributed by atoms with van der Waals surface area (Å²) in [6.07, 6.45) is 1.07. The molecule has 0 spiro atoms. The maximum atomic E-state index is 6.19. The van der Waals surface area contributed by atoms with Crippen LogP contribution >= 0.6 is 11.6 Å². The molecule has 14 heavy (non-hydrogen) atoms. The van der Waals surface area contributed by atoms with Gasteiger partial charge in [-0.15, -0.1) is 0 Å². The number of H-pyrrole nitrogens is 1. The topological polar surface area (TPSA) is 27.8 Å². The second-order valence-corrected chi connectivity index (χ2v) is 4.08. The molecule has 0 saturated carbocycles. The molecule has 3 rings (SSSR count). The predicted molar refractivity (Wildman–Crippen MR) is 58.7 cm³/mol. The molecule has 72 valence electrons. The highest BCUT2D eigenvalue weighted by Gasteiger charge is 2.16. The van der Waals surface area contributed by atoms with Gasteiger partial charge < -0.3 is 10.3 Å². The van der Waals surface area contributed by atoms with Crippen LogP contribution < -0.4 is 5.32 Å². The summed E-state index contributed by atoms with van der Waals surface area (Å²) >= 11 is 6.19. The van der Waals surface area contributed by atoms with Gasteiger partial charge in [0.2, 0.25) is 0 Å². The molecule has 2 aromatic rings. The van der Waals surface area contributed by atoms with Crippen molar-refractivity contribution in [2.24, 2.45) is 0 Å². The minimum absolute atomic E-state index is 0.851. The first kappa shape index (κ1) is 8.33. The minimum Gasteiger partial charge on any atom is -0.358 e. The van der Waals surface area contributed by atoms with Gasteiger partial charge in [-0.3, -0.25) is 0 Å². The SMILES string of the molecule is Clc1cccc2[nH]c3c(c12)CNCC3. The number of fused-ring (bicyclic) bond motifs is 3. The Hall–Kier alpha value is -0.990. The van der Waals surface area contributed by atoms with Crippen LogP contribution in [0.5, 0.6) is 0 Å². The highest BCUT2D eigenvalue weighted by Crippen LogP contribution is 2.30. The third-order valence-electron chi connectivity index (χ3n) is 2.82. The predicted octanol–water partition coefficient (Wildman–Crippen LogP) is 2.47. The van der Waals surface area contributed by atoms with Crippen molar-refractivity contribution in [3.63, 3.8) is 0 Å². The number of hydrogen-bond acceptors (Lipinski definition) is 1. The molecule has 0 fully saturated rings. The highest BCUT2D eigenvalue weighted by molar-refractivity contribution is 6.35. The first-order chi connectivity index (χ1) is 6.86. The van der Waals surface area contributed by atoms with Crippen LogP contribution in [-0.2, 0) is 13.0 Å². The Labute approximate surface area is 87.3 Å². The van der Waals surface area contributed by atoms with Crippen LogP contribution in [-0.4, -0.2) is 11.5 Å². The van der Waals surface area contributed by atoms with Crippen LogP contribution in [0.4, 0.5) is 0 Å². The number of rotatable bonds is 0. The summed E-state index contributed by atoms with van der Waals surface area (Å²) in [6, 6.07) is 6.02. The summed E-state index contributed by atoms with van der Waals surface area (Å²) in [4.78, 5) is 3.43. The van der Waals surface area contributed by atoms with Crippen LogP contribution in [0.1, 0.15) is 11.3 Å². The van der Waals surface area contributed by atoms with Crippen molar-refractivity contribution < 1.29 is 0 Å². The fourth-order valence-electron chi connectivity index (χ4n) is 2.16. The van der Waals surface area contributed by atoms with Gasteiger partial charge in [0.15, 0.2) is 0 Å². The quantitative estimate of drug-likeness (QED) is 0.681. The van der Waals surface area contributed by atoms with Crippen molar-refractivity contribution in [2.75, 3.05) is 6.54 Å². The maximum Gasteiger partial charge on any atom is 0.0503 e. The molecule has 0 saturated heterocycles. The van der Waals surface area contributed by atoms with Gasteiger partial charge in [0.05, 0.1) is 5.02 Å². The molecule has 0 unspecified atom stereocenters. The molecule has 0 aliphatic carbocycles. The summed E-state index contributed by atoms with van der Waals surface area (Å²) in [5, 5.41) is 5.41. The molecule has 0 bridgehead atoms. The van der Waals surface area contributed by atoms with Crippen molar-refractivity contribution in [2.45, 2.75) is 13.0 Å². The first-order valence-corrected chi connectivity index (χ1v) is 5.23. The number of aromatic amines is 1. The zero-order valence-corrected chi connectivity index (χ0v) is 8.49. The normalized spacial score (nSPS) is 15.8. The Morgan fingerprint density at radius 2 is 2.21 bits per heavy atom. The van der Waals surface area contributed by atoms with E-state index < -0.39 is 0 Å². The number of halogens is 1. The van der Waals surface area contributed by atoms with Gasteiger partial charge in [0, 0.05) is 36.1 Å². The van der Waals surface area contributed by atoms with Gasteiger partial charge in [0.1, 0.15) is 0 Å². The molecule has 2 N–H and O–H groups in total. The van der Waals surface area contributed by atoms with Crippen molar-refractivity contribution in [3.05, 3.63) is 34.5 Å². The van der Waals surface area contributed by atoms with Gasteiger partial charge >= 0.3 is 0 Å². The number of aromatic nitrogens is 1. The van der Waals surface area contributed by atoms with Gasteiger partial charge in [0.25, 0.3) is 0 Å². The van der Waals surface area contributed by atoms with Gasteiger partial charge in [-0.25, -0.2) is 0 Å². The number of nitrogens with one attached hydrogen (secondary N) is 2. The van der Waals surface area contributed by atoms with Crippen LogP contribution in [0.15, 0.2) is 18.2 Å². The second-order valence-electron chi connectivity index (χ2n) is 3.67. The van der Waals surface area contributed by atoms with E-state index in [-0.39, 0.29) is 0 Å². The molecule has 0 radical (unpaired) electrons. The third-order valence-corrected chi connectivity index (χ3v) is 3.13. The minimum atomic E-state index is 0.851. The summed E-state index contributed by atoms with van der Waals surface area (Å²) in [5.74, 6) is 0. The summed E-state index contributed by atoms with van der Waals surface area (Å²) in [7, 11) is 0. The van der Waals surface area contributed by atoms with Gasteiger partial charge in [-0.1, -0.05) is 17.7 Å². The molecule has 1 aromatic heterocycles. The lowest BCUT2D eigenvalue weighted by Gasteiger charge is -2.12. The Balaban J connectivity index is 2.38. The van der Waals surface area contributed by atoms with Crippen molar-refractivity contribution >= 4 is 22.5 Å². The van der Waals surface area contributed by atoms with Crippen molar-refractivity contribution in [1.29, 1.82) is 0 Å². The van der Waals surface area contributed by atoms with E-state index in [2.05, 4.69) is 16.4 Å². The number of benzene rings is 1. The molecular weight excluding hydrogens is 196 g/mol. The standard InChI is InChI=1S/C11H11ClN2/c12-8-2-1-3-10-11(8)7-6-13-5-4-9(7)14-10/h1-3,13-14H,4-6H2. The van der Waals surface area contributed by atoms with Crippen LogP contribution in [0.3, 0.4) is 0 Å². The maximum absolute atomic E-state index is 6.19. The lowest BCUT2D eigenvalue weighted by atomic mass is 10.1. The monoisotopic (exact) mass is 206 g/mol. The molecule has 3 heteroatoms. The largest absolute Gasteiger partial charge is 0.358 e. The Bertz CT molecular complexity index is 487. The van der Waals surface area contributed by atoms with E-state index >= 15 is 0 Å². The summed E-state index contributed by atoms with van der Waals surface area (Å²) < 4.78 is 0. The van der Waals surface area contributed by atoms with E-state index in [0.717, 1.165) is 30.0 Å². The van der Waals surface area contributed by atoms with E-state index in [4.69, 9.17) is 11.6 Å². The molecular formula is C11H11ClN2. The van der Waals surface area contributed by atoms with Crippen molar-refractivity contribution in [1.82, 2.24) is 10.3 Å². The van der Waals surface area contributed by atoms with E-state index in [1.165, 1.54) is 16.6 Å². The Morgan fingerprint density at radius 3 is 3.14 bits per heavy atom. The Morgan fingerprint density at radius 1 is 1.29 bits per heavy atom. The van der Waals surface area contributed by atoms with Gasteiger partial charge in [-0.05, 0) is 17.7 Å². The summed E-state index contributed by atoms with van der Waals surface area (Å²) in [5.41, 5.74) is 3.84. The Kier molecular flexibility index (Phi) is 1.79. The fraction of sp³-hybridized carbons (Fsp3) is 0.273. The van der Waals surface area contributed by atoms with E-state index in [9.17, 15) is 0 Å². The molecule has 0 amide bonds. The molecule has 1 aliphatic rings. The van der Waals surface area contributed by atoms with Crippen LogP contribution in [0.2, 0.25) is 5.02 Å². The van der Waals surface area contributed by atoms with E-state index in [1.54, 1.807) is 0 Å². The molecule has 1 aliphatic heterocycles. The molecule has 2 heterocycles. The van der Waals surface area contributed by atoms with Crippen LogP contribution in [0, 0.1) is 0 Å². The van der Waals surface area contributed by atoms with Crippen LogP contribution in [0.25, 0.3) is 10.9 Å². The zero-order valence-electron chi connectivity index (χ0n) is 7.73. The zero-order chi connectivity index (χ0) is 9.54. The fourth-order valence-corrected chi connectivity index (χ4v) is 2.45. The number of hydrogen-bond donors (Lipinski definition) is 2.